The van der Waals surface area contributed by atoms with Gasteiger partial charge in [-0.2, -0.15) is 4.52 Å². The SMILES string of the molecule is [B]C1([B])Oc2ccc(OC3CCN(c4nn5c(=O)ccnc5c(C)c4C)CC3)cc2OC1([B])[B]. The molecule has 4 heterocycles. The molecule has 0 saturated carbocycles. The Morgan fingerprint density at radius 1 is 1.00 bits per heavy atom. The summed E-state index contributed by atoms with van der Waals surface area (Å²) in [6, 6.07) is 6.47. The molecule has 0 unspecified atom stereocenters. The zero-order valence-electron chi connectivity index (χ0n) is 19.0. The summed E-state index contributed by atoms with van der Waals surface area (Å²) in [6.07, 6.45) is 3.02. The van der Waals surface area contributed by atoms with Gasteiger partial charge >= 0.3 is 0 Å². The minimum atomic E-state index is -1.90. The van der Waals surface area contributed by atoms with E-state index in [0.717, 1.165) is 42.9 Å². The Balaban J connectivity index is 1.30. The van der Waals surface area contributed by atoms with Gasteiger partial charge in [0.05, 0.1) is 0 Å². The maximum absolute atomic E-state index is 12.3. The van der Waals surface area contributed by atoms with Crippen molar-refractivity contribution < 1.29 is 14.2 Å². The van der Waals surface area contributed by atoms with Gasteiger partial charge in [0, 0.05) is 66.2 Å². The van der Waals surface area contributed by atoms with Crippen molar-refractivity contribution in [1.82, 2.24) is 14.6 Å². The van der Waals surface area contributed by atoms with Gasteiger partial charge in [0.25, 0.3) is 5.56 Å². The molecule has 8 radical (unpaired) electrons. The molecule has 164 valence electrons. The van der Waals surface area contributed by atoms with Crippen LogP contribution in [0.5, 0.6) is 17.2 Å². The number of nitrogens with zero attached hydrogens (tertiary/aromatic N) is 4. The average molecular weight is 448 g/mol. The van der Waals surface area contributed by atoms with Crippen LogP contribution in [0.3, 0.4) is 0 Å². The minimum Gasteiger partial charge on any atom is -0.501 e. The Morgan fingerprint density at radius 3 is 2.38 bits per heavy atom. The first kappa shape index (κ1) is 22.7. The van der Waals surface area contributed by atoms with Gasteiger partial charge in [0.1, 0.15) is 43.2 Å². The number of ether oxygens (including phenoxy) is 3. The molecule has 2 aliphatic rings. The fourth-order valence-corrected chi connectivity index (χ4v) is 4.19. The largest absolute Gasteiger partial charge is 0.501 e. The molecule has 0 bridgehead atoms. The molecule has 34 heavy (non-hydrogen) atoms. The van der Waals surface area contributed by atoms with E-state index >= 15 is 0 Å². The summed E-state index contributed by atoms with van der Waals surface area (Å²) in [4.78, 5) is 18.8. The number of aromatic nitrogens is 3. The second-order valence-electron chi connectivity index (χ2n) is 8.80. The quantitative estimate of drug-likeness (QED) is 0.541. The van der Waals surface area contributed by atoms with Gasteiger partial charge in [-0.3, -0.25) is 4.79 Å². The third-order valence-corrected chi connectivity index (χ3v) is 6.38. The number of fused-ring (bicyclic) bond motifs is 2. The lowest BCUT2D eigenvalue weighted by Crippen LogP contribution is -2.65. The zero-order valence-corrected chi connectivity index (χ0v) is 19.0. The van der Waals surface area contributed by atoms with Crippen LogP contribution in [0.15, 0.2) is 35.3 Å². The van der Waals surface area contributed by atoms with Crippen LogP contribution in [0.2, 0.25) is 0 Å². The van der Waals surface area contributed by atoms with Gasteiger partial charge in [0.15, 0.2) is 23.0 Å². The normalized spacial score (nSPS) is 19.2. The molecule has 0 spiro atoms. The lowest BCUT2D eigenvalue weighted by molar-refractivity contribution is 0.0609. The van der Waals surface area contributed by atoms with Gasteiger partial charge in [-0.25, -0.2) is 4.98 Å². The highest BCUT2D eigenvalue weighted by Gasteiger charge is 2.43. The summed E-state index contributed by atoms with van der Waals surface area (Å²) in [5.41, 5.74) is 2.32. The molecule has 5 rings (SSSR count). The Bertz CT molecular complexity index is 1320. The molecule has 3 aromatic rings. The van der Waals surface area contributed by atoms with Crippen LogP contribution in [0, 0.1) is 13.8 Å². The first-order valence-electron chi connectivity index (χ1n) is 11.0. The number of aryl methyl sites for hydroxylation is 1. The Labute approximate surface area is 202 Å². The molecule has 1 saturated heterocycles. The van der Waals surface area contributed by atoms with Crippen molar-refractivity contribution in [3.8, 4) is 17.2 Å². The highest BCUT2D eigenvalue weighted by atomic mass is 16.6. The minimum absolute atomic E-state index is 0.0197. The molecule has 0 amide bonds. The van der Waals surface area contributed by atoms with Crippen LogP contribution in [0.4, 0.5) is 5.82 Å². The van der Waals surface area contributed by atoms with Crippen molar-refractivity contribution in [2.75, 3.05) is 18.0 Å². The summed E-state index contributed by atoms with van der Waals surface area (Å²) in [5, 5.41) is 0.824. The molecule has 12 heteroatoms. The van der Waals surface area contributed by atoms with Crippen LogP contribution in [-0.2, 0) is 0 Å². The second-order valence-corrected chi connectivity index (χ2v) is 8.80. The summed E-state index contributed by atoms with van der Waals surface area (Å²) >= 11 is 0. The molecule has 1 aromatic carbocycles. The third kappa shape index (κ3) is 3.83. The summed E-state index contributed by atoms with van der Waals surface area (Å²) < 4.78 is 18.6. The molecule has 0 atom stereocenters. The molecule has 1 fully saturated rings. The predicted octanol–water partition coefficient (Wildman–Crippen LogP) is 0.507. The Kier molecular flexibility index (Phi) is 5.37. The fourth-order valence-electron chi connectivity index (χ4n) is 4.19. The molecule has 8 nitrogen and oxygen atoms in total. The number of anilines is 1. The maximum Gasteiger partial charge on any atom is 0.274 e. The van der Waals surface area contributed by atoms with Crippen LogP contribution in [0.25, 0.3) is 5.65 Å². The number of benzene rings is 1. The van der Waals surface area contributed by atoms with Crippen molar-refractivity contribution in [2.24, 2.45) is 0 Å². The third-order valence-electron chi connectivity index (χ3n) is 6.38. The predicted molar refractivity (Wildman–Crippen MR) is 131 cm³/mol. The summed E-state index contributed by atoms with van der Waals surface area (Å²) in [6.45, 7) is 5.40. The standard InChI is InChI=1S/C22H20B4N4O4/c1-12-13(2)20(28-30-18(31)5-8-27-19(12)30)29-9-6-14(7-10-29)32-15-3-4-16-17(11-15)34-22(25,26)21(23,24)33-16/h3-5,8,11,14H,6-7,9-10H2,1-2H3. The lowest BCUT2D eigenvalue weighted by Gasteiger charge is -2.48. The fraction of sp³-hybridized carbons (Fsp3) is 0.409. The van der Waals surface area contributed by atoms with Gasteiger partial charge in [0.2, 0.25) is 0 Å². The van der Waals surface area contributed by atoms with Crippen LogP contribution in [-0.4, -0.2) is 76.0 Å². The number of hydrogen-bond acceptors (Lipinski definition) is 7. The second kappa shape index (κ2) is 8.03. The van der Waals surface area contributed by atoms with Crippen molar-refractivity contribution in [3.63, 3.8) is 0 Å². The van der Waals surface area contributed by atoms with E-state index in [1.54, 1.807) is 18.2 Å². The van der Waals surface area contributed by atoms with Crippen LogP contribution < -0.4 is 24.7 Å². The molecule has 0 N–H and O–H groups in total. The number of hydrogen-bond donors (Lipinski definition) is 0. The molecular weight excluding hydrogens is 428 g/mol. The Hall–Kier alpha value is -3.03. The van der Waals surface area contributed by atoms with E-state index < -0.39 is 10.8 Å². The smallest absolute Gasteiger partial charge is 0.274 e. The van der Waals surface area contributed by atoms with E-state index in [9.17, 15) is 4.79 Å². The van der Waals surface area contributed by atoms with E-state index in [-0.39, 0.29) is 11.7 Å². The number of piperidine rings is 1. The molecule has 0 aliphatic carbocycles. The first-order chi connectivity index (χ1) is 16.1. The van der Waals surface area contributed by atoms with Crippen molar-refractivity contribution in [1.29, 1.82) is 0 Å². The highest BCUT2D eigenvalue weighted by molar-refractivity contribution is 6.53. The van der Waals surface area contributed by atoms with Gasteiger partial charge in [-0.1, -0.05) is 0 Å². The van der Waals surface area contributed by atoms with E-state index in [2.05, 4.69) is 15.0 Å². The first-order valence-corrected chi connectivity index (χ1v) is 11.0. The van der Waals surface area contributed by atoms with E-state index in [4.69, 9.17) is 45.6 Å². The monoisotopic (exact) mass is 448 g/mol. The van der Waals surface area contributed by atoms with Crippen molar-refractivity contribution in [3.05, 3.63) is 51.9 Å². The highest BCUT2D eigenvalue weighted by Crippen LogP contribution is 2.41. The van der Waals surface area contributed by atoms with E-state index in [0.29, 0.717) is 22.9 Å². The molecule has 2 aliphatic heterocycles. The van der Waals surface area contributed by atoms with Gasteiger partial charge in [-0.05, 0) is 26.0 Å². The number of rotatable bonds is 3. The van der Waals surface area contributed by atoms with E-state index in [1.807, 2.05) is 13.8 Å². The molecular formula is C22H20B4N4O4. The summed E-state index contributed by atoms with van der Waals surface area (Å²) in [5.74, 6) is 2.01. The van der Waals surface area contributed by atoms with Crippen LogP contribution >= 0.6 is 0 Å². The van der Waals surface area contributed by atoms with Gasteiger partial charge in [-0.15, -0.1) is 5.10 Å². The van der Waals surface area contributed by atoms with E-state index in [1.165, 1.54) is 16.8 Å². The maximum atomic E-state index is 12.3. The van der Waals surface area contributed by atoms with Crippen LogP contribution in [0.1, 0.15) is 24.0 Å². The lowest BCUT2D eigenvalue weighted by atomic mass is 9.41. The van der Waals surface area contributed by atoms with Crippen molar-refractivity contribution in [2.45, 2.75) is 43.6 Å². The van der Waals surface area contributed by atoms with Crippen molar-refractivity contribution >= 4 is 42.9 Å². The average Bonchev–Trinajstić information content (AvgIpc) is 2.78. The zero-order chi connectivity index (χ0) is 24.3. The molecule has 2 aromatic heterocycles. The topological polar surface area (TPSA) is 78.2 Å². The van der Waals surface area contributed by atoms with Gasteiger partial charge < -0.3 is 19.1 Å². The Morgan fingerprint density at radius 2 is 1.68 bits per heavy atom. The summed E-state index contributed by atoms with van der Waals surface area (Å²) in [7, 11) is 23.3.